The van der Waals surface area contributed by atoms with Crippen molar-refractivity contribution in [2.75, 3.05) is 6.61 Å². The molecule has 1 heteroatoms. The fourth-order valence-electron chi connectivity index (χ4n) is 2.47. The van der Waals surface area contributed by atoms with Crippen LogP contribution in [0.15, 0.2) is 0 Å². The van der Waals surface area contributed by atoms with E-state index >= 15 is 0 Å². The Hall–Kier alpha value is -0.0400. The SMILES string of the molecule is C1CC2C1C1COC21.CC. The molecule has 0 bridgehead atoms. The van der Waals surface area contributed by atoms with Crippen molar-refractivity contribution in [3.63, 3.8) is 0 Å². The highest BCUT2D eigenvalue weighted by atomic mass is 16.5. The molecule has 1 aliphatic heterocycles. The number of ether oxygens (including phenoxy) is 1. The van der Waals surface area contributed by atoms with Crippen molar-refractivity contribution in [3.05, 3.63) is 0 Å². The predicted molar refractivity (Wildman–Crippen MR) is 40.8 cm³/mol. The van der Waals surface area contributed by atoms with Crippen LogP contribution in [0.25, 0.3) is 0 Å². The zero-order valence-corrected chi connectivity index (χ0v) is 6.84. The standard InChI is InChI=1S/C7H10O.C2H6/c1-2-5-4(1)6-3-8-7(5)6;1-2/h4-7H,1-3H2;1-2H3. The molecule has 3 rings (SSSR count). The average molecular weight is 140 g/mol. The van der Waals surface area contributed by atoms with Crippen molar-refractivity contribution in [3.8, 4) is 0 Å². The quantitative estimate of drug-likeness (QED) is 0.500. The van der Waals surface area contributed by atoms with E-state index in [-0.39, 0.29) is 0 Å². The van der Waals surface area contributed by atoms with E-state index in [1.807, 2.05) is 13.8 Å². The molecular weight excluding hydrogens is 124 g/mol. The Labute approximate surface area is 62.8 Å². The molecule has 58 valence electrons. The van der Waals surface area contributed by atoms with E-state index in [9.17, 15) is 0 Å². The topological polar surface area (TPSA) is 9.23 Å². The second-order valence-corrected chi connectivity index (χ2v) is 3.37. The third-order valence-electron chi connectivity index (χ3n) is 3.26. The van der Waals surface area contributed by atoms with Gasteiger partial charge in [0.1, 0.15) is 0 Å². The van der Waals surface area contributed by atoms with Gasteiger partial charge < -0.3 is 4.74 Å². The number of fused-ring (bicyclic) bond motifs is 4. The van der Waals surface area contributed by atoms with Gasteiger partial charge >= 0.3 is 0 Å². The monoisotopic (exact) mass is 140 g/mol. The van der Waals surface area contributed by atoms with Gasteiger partial charge in [0, 0.05) is 5.92 Å². The van der Waals surface area contributed by atoms with Gasteiger partial charge in [-0.1, -0.05) is 13.8 Å². The van der Waals surface area contributed by atoms with Gasteiger partial charge in [0.15, 0.2) is 0 Å². The van der Waals surface area contributed by atoms with Crippen LogP contribution in [0.2, 0.25) is 0 Å². The van der Waals surface area contributed by atoms with Gasteiger partial charge in [-0.15, -0.1) is 0 Å². The van der Waals surface area contributed by atoms with Gasteiger partial charge in [0.25, 0.3) is 0 Å². The molecule has 4 unspecified atom stereocenters. The maximum absolute atomic E-state index is 5.36. The summed E-state index contributed by atoms with van der Waals surface area (Å²) in [7, 11) is 0. The van der Waals surface area contributed by atoms with Crippen LogP contribution >= 0.6 is 0 Å². The maximum atomic E-state index is 5.36. The Morgan fingerprint density at radius 1 is 1.00 bits per heavy atom. The summed E-state index contributed by atoms with van der Waals surface area (Å²) in [5, 5.41) is 0. The molecular formula is C9H16O. The highest BCUT2D eigenvalue weighted by Gasteiger charge is 2.60. The molecule has 3 aliphatic rings. The van der Waals surface area contributed by atoms with Crippen LogP contribution in [-0.2, 0) is 4.74 Å². The summed E-state index contributed by atoms with van der Waals surface area (Å²) in [5.74, 6) is 3.16. The zero-order valence-electron chi connectivity index (χ0n) is 6.84. The molecule has 1 saturated heterocycles. The molecule has 0 aromatic carbocycles. The van der Waals surface area contributed by atoms with Crippen LogP contribution in [0.3, 0.4) is 0 Å². The summed E-state index contributed by atoms with van der Waals surface area (Å²) in [6, 6.07) is 0. The molecule has 0 N–H and O–H groups in total. The van der Waals surface area contributed by atoms with E-state index < -0.39 is 0 Å². The van der Waals surface area contributed by atoms with Crippen molar-refractivity contribution in [2.24, 2.45) is 17.8 Å². The van der Waals surface area contributed by atoms with Crippen LogP contribution in [0.1, 0.15) is 26.7 Å². The van der Waals surface area contributed by atoms with E-state index in [0.717, 1.165) is 30.5 Å². The second-order valence-electron chi connectivity index (χ2n) is 3.37. The normalized spacial score (nSPS) is 53.4. The fourth-order valence-corrected chi connectivity index (χ4v) is 2.47. The Bertz CT molecular complexity index is 92.7. The Morgan fingerprint density at radius 2 is 1.70 bits per heavy atom. The molecule has 2 aliphatic carbocycles. The van der Waals surface area contributed by atoms with Crippen LogP contribution in [0, 0.1) is 17.8 Å². The highest BCUT2D eigenvalue weighted by Crippen LogP contribution is 2.59. The zero-order chi connectivity index (χ0) is 7.14. The van der Waals surface area contributed by atoms with Gasteiger partial charge in [0.05, 0.1) is 12.7 Å². The number of hydrogen-bond acceptors (Lipinski definition) is 1. The van der Waals surface area contributed by atoms with Crippen molar-refractivity contribution < 1.29 is 4.74 Å². The third kappa shape index (κ3) is 0.572. The van der Waals surface area contributed by atoms with Crippen LogP contribution in [0.4, 0.5) is 0 Å². The van der Waals surface area contributed by atoms with E-state index in [0.29, 0.717) is 0 Å². The van der Waals surface area contributed by atoms with Gasteiger partial charge in [-0.25, -0.2) is 0 Å². The van der Waals surface area contributed by atoms with E-state index in [2.05, 4.69) is 0 Å². The van der Waals surface area contributed by atoms with Gasteiger partial charge in [0.2, 0.25) is 0 Å². The highest BCUT2D eigenvalue weighted by molar-refractivity contribution is 5.08. The summed E-state index contributed by atoms with van der Waals surface area (Å²) < 4.78 is 5.36. The molecule has 0 aromatic rings. The van der Waals surface area contributed by atoms with Gasteiger partial charge in [-0.2, -0.15) is 0 Å². The molecule has 2 saturated carbocycles. The van der Waals surface area contributed by atoms with Crippen molar-refractivity contribution >= 4 is 0 Å². The van der Waals surface area contributed by atoms with Crippen LogP contribution in [-0.4, -0.2) is 12.7 Å². The van der Waals surface area contributed by atoms with Crippen molar-refractivity contribution in [1.82, 2.24) is 0 Å². The average Bonchev–Trinajstić information content (AvgIpc) is 1.95. The Morgan fingerprint density at radius 3 is 1.80 bits per heavy atom. The fraction of sp³-hybridized carbons (Fsp3) is 1.00. The maximum Gasteiger partial charge on any atom is 0.0659 e. The number of hydrogen-bond donors (Lipinski definition) is 0. The van der Waals surface area contributed by atoms with E-state index in [4.69, 9.17) is 4.74 Å². The summed E-state index contributed by atoms with van der Waals surface area (Å²) in [5.41, 5.74) is 0. The molecule has 0 aromatic heterocycles. The van der Waals surface area contributed by atoms with Gasteiger partial charge in [-0.3, -0.25) is 0 Å². The summed E-state index contributed by atoms with van der Waals surface area (Å²) >= 11 is 0. The first-order valence-electron chi connectivity index (χ1n) is 4.58. The lowest BCUT2D eigenvalue weighted by Crippen LogP contribution is -2.66. The smallest absolute Gasteiger partial charge is 0.0659 e. The third-order valence-corrected chi connectivity index (χ3v) is 3.26. The van der Waals surface area contributed by atoms with E-state index in [1.54, 1.807) is 0 Å². The minimum absolute atomic E-state index is 0.744. The minimum Gasteiger partial charge on any atom is -0.377 e. The van der Waals surface area contributed by atoms with Crippen LogP contribution in [0.5, 0.6) is 0 Å². The molecule has 0 radical (unpaired) electrons. The lowest BCUT2D eigenvalue weighted by Gasteiger charge is -2.64. The molecule has 10 heavy (non-hydrogen) atoms. The molecule has 3 fully saturated rings. The Balaban J connectivity index is 0.000000188. The molecule has 1 heterocycles. The Kier molecular flexibility index (Phi) is 1.48. The molecule has 0 amide bonds. The molecule has 0 spiro atoms. The molecule has 4 atom stereocenters. The first-order chi connectivity index (χ1) is 4.97. The first kappa shape index (κ1) is 6.66. The van der Waals surface area contributed by atoms with Crippen molar-refractivity contribution in [1.29, 1.82) is 0 Å². The summed E-state index contributed by atoms with van der Waals surface area (Å²) in [6.07, 6.45) is 3.72. The minimum atomic E-state index is 0.744. The number of rotatable bonds is 0. The lowest BCUT2D eigenvalue weighted by molar-refractivity contribution is -0.288. The van der Waals surface area contributed by atoms with Gasteiger partial charge in [-0.05, 0) is 24.7 Å². The molecule has 1 nitrogen and oxygen atoms in total. The van der Waals surface area contributed by atoms with E-state index in [1.165, 1.54) is 12.8 Å². The summed E-state index contributed by atoms with van der Waals surface area (Å²) in [4.78, 5) is 0. The second kappa shape index (κ2) is 2.23. The van der Waals surface area contributed by atoms with Crippen LogP contribution < -0.4 is 0 Å². The first-order valence-corrected chi connectivity index (χ1v) is 4.58. The van der Waals surface area contributed by atoms with Crippen molar-refractivity contribution in [2.45, 2.75) is 32.8 Å². The lowest BCUT2D eigenvalue weighted by atomic mass is 9.49. The summed E-state index contributed by atoms with van der Waals surface area (Å²) in [6.45, 7) is 5.09. The predicted octanol–water partition coefficient (Wildman–Crippen LogP) is 2.07. The largest absolute Gasteiger partial charge is 0.377 e.